The third kappa shape index (κ3) is 5.57. The number of ether oxygens (including phenoxy) is 1. The minimum Gasteiger partial charge on any atom is -0.466 e. The van der Waals surface area contributed by atoms with Crippen molar-refractivity contribution in [2.24, 2.45) is 11.5 Å². The van der Waals surface area contributed by atoms with E-state index < -0.39 is 23.8 Å². The molecule has 8 heteroatoms. The number of carbonyl (C=O) groups is 3. The second kappa shape index (κ2) is 7.95. The summed E-state index contributed by atoms with van der Waals surface area (Å²) < 4.78 is 4.74. The lowest BCUT2D eigenvalue weighted by Crippen LogP contribution is -2.36. The normalized spacial score (nSPS) is 11.5. The Hall–Kier alpha value is -2.48. The summed E-state index contributed by atoms with van der Waals surface area (Å²) in [6.07, 6.45) is 1.49. The first kappa shape index (κ1) is 16.6. The molecule has 0 unspecified atom stereocenters. The molecule has 0 radical (unpaired) electrons. The van der Waals surface area contributed by atoms with Gasteiger partial charge in [0.15, 0.2) is 0 Å². The third-order valence-electron chi connectivity index (χ3n) is 2.60. The molecule has 114 valence electrons. The van der Waals surface area contributed by atoms with E-state index in [9.17, 15) is 14.4 Å². The van der Waals surface area contributed by atoms with E-state index in [0.29, 0.717) is 0 Å². The molecule has 0 fully saturated rings. The van der Waals surface area contributed by atoms with Gasteiger partial charge in [0.25, 0.3) is 0 Å². The van der Waals surface area contributed by atoms with Crippen LogP contribution in [-0.2, 0) is 14.3 Å². The Balaban J connectivity index is 2.48. The number of primary amides is 1. The van der Waals surface area contributed by atoms with E-state index in [1.54, 1.807) is 6.92 Å². The monoisotopic (exact) mass is 294 g/mol. The van der Waals surface area contributed by atoms with Gasteiger partial charge in [0.05, 0.1) is 18.2 Å². The first-order valence-electron chi connectivity index (χ1n) is 6.42. The van der Waals surface area contributed by atoms with Gasteiger partial charge in [-0.15, -0.1) is 0 Å². The average molecular weight is 294 g/mol. The summed E-state index contributed by atoms with van der Waals surface area (Å²) in [6.45, 7) is 1.99. The lowest BCUT2D eigenvalue weighted by Gasteiger charge is -2.11. The van der Waals surface area contributed by atoms with Gasteiger partial charge in [0.2, 0.25) is 11.8 Å². The smallest absolute Gasteiger partial charge is 0.305 e. The maximum atomic E-state index is 11.8. The maximum Gasteiger partial charge on any atom is 0.305 e. The molecule has 0 aliphatic carbocycles. The highest BCUT2D eigenvalue weighted by atomic mass is 16.5. The zero-order valence-electron chi connectivity index (χ0n) is 11.7. The lowest BCUT2D eigenvalue weighted by molar-refractivity contribution is -0.143. The van der Waals surface area contributed by atoms with Crippen molar-refractivity contribution in [3.63, 3.8) is 0 Å². The molecule has 1 aromatic heterocycles. The van der Waals surface area contributed by atoms with Crippen LogP contribution in [0.15, 0.2) is 18.3 Å². The van der Waals surface area contributed by atoms with E-state index in [1.165, 1.54) is 18.3 Å². The largest absolute Gasteiger partial charge is 0.466 e. The fourth-order valence-electron chi connectivity index (χ4n) is 1.47. The molecule has 0 saturated heterocycles. The van der Waals surface area contributed by atoms with Crippen molar-refractivity contribution in [3.05, 3.63) is 23.9 Å². The number of nitrogens with one attached hydrogen (secondary N) is 1. The van der Waals surface area contributed by atoms with Crippen LogP contribution in [0.1, 0.15) is 30.1 Å². The van der Waals surface area contributed by atoms with E-state index in [4.69, 9.17) is 16.2 Å². The molecule has 1 atom stereocenters. The van der Waals surface area contributed by atoms with Crippen molar-refractivity contribution < 1.29 is 19.1 Å². The Morgan fingerprint density at radius 1 is 1.38 bits per heavy atom. The highest BCUT2D eigenvalue weighted by molar-refractivity contribution is 5.95. The second-order valence-corrected chi connectivity index (χ2v) is 4.24. The molecular formula is C13H18N4O4. The predicted octanol–water partition coefficient (Wildman–Crippen LogP) is -0.210. The molecule has 0 aliphatic heterocycles. The molecule has 2 amide bonds. The maximum absolute atomic E-state index is 11.8. The van der Waals surface area contributed by atoms with Gasteiger partial charge in [-0.1, -0.05) is 0 Å². The Morgan fingerprint density at radius 3 is 2.62 bits per heavy atom. The van der Waals surface area contributed by atoms with Gasteiger partial charge in [-0.25, -0.2) is 4.98 Å². The first-order valence-corrected chi connectivity index (χ1v) is 6.42. The van der Waals surface area contributed by atoms with Gasteiger partial charge in [-0.2, -0.15) is 0 Å². The third-order valence-corrected chi connectivity index (χ3v) is 2.60. The average Bonchev–Trinajstić information content (AvgIpc) is 2.45. The fourth-order valence-corrected chi connectivity index (χ4v) is 1.47. The summed E-state index contributed by atoms with van der Waals surface area (Å²) in [4.78, 5) is 37.7. The van der Waals surface area contributed by atoms with Gasteiger partial charge in [0, 0.05) is 12.6 Å². The zero-order valence-corrected chi connectivity index (χ0v) is 11.7. The number of anilines is 1. The number of pyridine rings is 1. The van der Waals surface area contributed by atoms with Crippen molar-refractivity contribution >= 4 is 23.6 Å². The number of rotatable bonds is 7. The van der Waals surface area contributed by atoms with E-state index in [0.717, 1.165) is 0 Å². The highest BCUT2D eigenvalue weighted by Crippen LogP contribution is 2.06. The van der Waals surface area contributed by atoms with Crippen LogP contribution in [0.3, 0.4) is 0 Å². The second-order valence-electron chi connectivity index (χ2n) is 4.24. The molecule has 0 bridgehead atoms. The number of esters is 1. The van der Waals surface area contributed by atoms with Crippen molar-refractivity contribution in [1.82, 2.24) is 4.98 Å². The van der Waals surface area contributed by atoms with Crippen LogP contribution in [0.2, 0.25) is 0 Å². The number of nitrogens with zero attached hydrogens (tertiary/aromatic N) is 1. The Kier molecular flexibility index (Phi) is 6.28. The van der Waals surface area contributed by atoms with Crippen LogP contribution in [0.4, 0.5) is 5.82 Å². The van der Waals surface area contributed by atoms with Crippen LogP contribution in [0.5, 0.6) is 0 Å². The predicted molar refractivity (Wildman–Crippen MR) is 75.2 cm³/mol. The summed E-state index contributed by atoms with van der Waals surface area (Å²) >= 11 is 0. The summed E-state index contributed by atoms with van der Waals surface area (Å²) in [6, 6.07) is 2.03. The molecule has 1 aromatic rings. The molecule has 1 rings (SSSR count). The molecule has 5 N–H and O–H groups in total. The molecule has 21 heavy (non-hydrogen) atoms. The summed E-state index contributed by atoms with van der Waals surface area (Å²) in [5, 5.41) is 2.48. The van der Waals surface area contributed by atoms with Crippen LogP contribution < -0.4 is 16.8 Å². The first-order chi connectivity index (χ1) is 9.93. The quantitative estimate of drug-likeness (QED) is 0.595. The minimum absolute atomic E-state index is 0.0659. The van der Waals surface area contributed by atoms with Crippen molar-refractivity contribution in [3.8, 4) is 0 Å². The topological polar surface area (TPSA) is 137 Å². The van der Waals surface area contributed by atoms with Crippen LogP contribution >= 0.6 is 0 Å². The number of hydrogen-bond acceptors (Lipinski definition) is 6. The van der Waals surface area contributed by atoms with Gasteiger partial charge < -0.3 is 21.5 Å². The molecule has 1 heterocycles. The molecule has 0 saturated carbocycles. The Labute approximate surface area is 121 Å². The van der Waals surface area contributed by atoms with Crippen LogP contribution in [-0.4, -0.2) is 35.4 Å². The number of nitrogens with two attached hydrogens (primary N) is 2. The van der Waals surface area contributed by atoms with Gasteiger partial charge >= 0.3 is 5.97 Å². The van der Waals surface area contributed by atoms with Gasteiger partial charge in [-0.3, -0.25) is 14.4 Å². The van der Waals surface area contributed by atoms with Gasteiger partial charge in [0.1, 0.15) is 5.82 Å². The summed E-state index contributed by atoms with van der Waals surface area (Å²) in [5.41, 5.74) is 11.0. The summed E-state index contributed by atoms with van der Waals surface area (Å²) in [5.74, 6) is -1.23. The van der Waals surface area contributed by atoms with Crippen molar-refractivity contribution in [2.45, 2.75) is 25.8 Å². The zero-order chi connectivity index (χ0) is 15.8. The summed E-state index contributed by atoms with van der Waals surface area (Å²) in [7, 11) is 0. The molecule has 8 nitrogen and oxygen atoms in total. The Morgan fingerprint density at radius 2 is 2.10 bits per heavy atom. The van der Waals surface area contributed by atoms with E-state index >= 15 is 0 Å². The molecule has 0 aliphatic rings. The lowest BCUT2D eigenvalue weighted by atomic mass is 10.1. The van der Waals surface area contributed by atoms with E-state index in [1.807, 2.05) is 0 Å². The SMILES string of the molecule is CCOC(=O)CC[C@H](N)C(=O)Nc1ccc(C(N)=O)cn1. The number of carbonyl (C=O) groups excluding carboxylic acids is 3. The highest BCUT2D eigenvalue weighted by Gasteiger charge is 2.16. The number of aromatic nitrogens is 1. The van der Waals surface area contributed by atoms with E-state index in [-0.39, 0.29) is 30.8 Å². The van der Waals surface area contributed by atoms with E-state index in [2.05, 4.69) is 10.3 Å². The van der Waals surface area contributed by atoms with Crippen LogP contribution in [0.25, 0.3) is 0 Å². The molecule has 0 aromatic carbocycles. The van der Waals surface area contributed by atoms with Crippen LogP contribution in [0, 0.1) is 0 Å². The fraction of sp³-hybridized carbons (Fsp3) is 0.385. The van der Waals surface area contributed by atoms with Crippen molar-refractivity contribution in [2.75, 3.05) is 11.9 Å². The number of hydrogen-bond donors (Lipinski definition) is 3. The molecule has 0 spiro atoms. The number of amides is 2. The minimum atomic E-state index is -0.855. The molecular weight excluding hydrogens is 276 g/mol. The standard InChI is InChI=1S/C13H18N4O4/c1-2-21-11(18)6-4-9(14)13(20)17-10-5-3-8(7-16-10)12(15)19/h3,5,7,9H,2,4,6,14H2,1H3,(H2,15,19)(H,16,17,20)/t9-/m0/s1. The van der Waals surface area contributed by atoms with Crippen molar-refractivity contribution in [1.29, 1.82) is 0 Å². The Bertz CT molecular complexity index is 515. The van der Waals surface area contributed by atoms with Gasteiger partial charge in [-0.05, 0) is 25.5 Å².